The number of hydrogen-bond acceptors (Lipinski definition) is 5. The van der Waals surface area contributed by atoms with Crippen LogP contribution in [0.4, 0.5) is 0 Å². The van der Waals surface area contributed by atoms with Gasteiger partial charge >= 0.3 is 5.97 Å². The molecule has 0 saturated heterocycles. The first kappa shape index (κ1) is 15.3. The van der Waals surface area contributed by atoms with Crippen molar-refractivity contribution in [2.45, 2.75) is 38.0 Å². The molecule has 1 rings (SSSR count). The molecule has 1 aliphatic carbocycles. The van der Waals surface area contributed by atoms with Crippen LogP contribution in [0.25, 0.3) is 0 Å². The van der Waals surface area contributed by atoms with E-state index in [-0.39, 0.29) is 24.2 Å². The van der Waals surface area contributed by atoms with Crippen molar-refractivity contribution in [1.82, 2.24) is 4.31 Å². The van der Waals surface area contributed by atoms with Gasteiger partial charge in [0.25, 0.3) is 0 Å². The zero-order valence-electron chi connectivity index (χ0n) is 10.5. The van der Waals surface area contributed by atoms with Crippen molar-refractivity contribution in [3.05, 3.63) is 0 Å². The van der Waals surface area contributed by atoms with Gasteiger partial charge in [-0.2, -0.15) is 4.31 Å². The Morgan fingerprint density at radius 3 is 2.50 bits per heavy atom. The third-order valence-corrected chi connectivity index (χ3v) is 5.45. The second-order valence-corrected chi connectivity index (χ2v) is 6.85. The van der Waals surface area contributed by atoms with Crippen LogP contribution in [-0.2, 0) is 19.6 Å². The summed E-state index contributed by atoms with van der Waals surface area (Å²) < 4.78 is 30.4. The first-order chi connectivity index (χ1) is 8.30. The minimum absolute atomic E-state index is 0.0930. The van der Waals surface area contributed by atoms with Gasteiger partial charge < -0.3 is 10.5 Å². The van der Waals surface area contributed by atoms with E-state index in [4.69, 9.17) is 22.7 Å². The SMILES string of the molecule is CCOC(=O)CN(C1CC1)S(=O)(=O)C(C)C(N)=S. The predicted octanol–water partition coefficient (Wildman–Crippen LogP) is 0.0183. The highest BCUT2D eigenvalue weighted by Crippen LogP contribution is 2.30. The summed E-state index contributed by atoms with van der Waals surface area (Å²) in [6.07, 6.45) is 1.51. The fourth-order valence-electron chi connectivity index (χ4n) is 1.47. The molecule has 1 aliphatic rings. The van der Waals surface area contributed by atoms with E-state index in [1.807, 2.05) is 0 Å². The molecule has 1 atom stereocenters. The Labute approximate surface area is 113 Å². The van der Waals surface area contributed by atoms with Crippen LogP contribution >= 0.6 is 12.2 Å². The molecule has 1 unspecified atom stereocenters. The Balaban J connectivity index is 2.84. The van der Waals surface area contributed by atoms with Crippen LogP contribution in [0.3, 0.4) is 0 Å². The van der Waals surface area contributed by atoms with E-state index in [2.05, 4.69) is 0 Å². The summed E-state index contributed by atoms with van der Waals surface area (Å²) in [5.74, 6) is -0.553. The van der Waals surface area contributed by atoms with Gasteiger partial charge in [0.15, 0.2) is 0 Å². The number of rotatable bonds is 7. The molecule has 0 amide bonds. The lowest BCUT2D eigenvalue weighted by Gasteiger charge is -2.24. The van der Waals surface area contributed by atoms with Gasteiger partial charge in [0.2, 0.25) is 10.0 Å². The van der Waals surface area contributed by atoms with Gasteiger partial charge in [0.05, 0.1) is 11.6 Å². The number of sulfonamides is 1. The van der Waals surface area contributed by atoms with E-state index >= 15 is 0 Å². The van der Waals surface area contributed by atoms with Crippen molar-refractivity contribution in [1.29, 1.82) is 0 Å². The smallest absolute Gasteiger partial charge is 0.321 e. The molecule has 18 heavy (non-hydrogen) atoms. The fraction of sp³-hybridized carbons (Fsp3) is 0.800. The second-order valence-electron chi connectivity index (χ2n) is 4.17. The second kappa shape index (κ2) is 5.94. The Morgan fingerprint density at radius 2 is 2.11 bits per heavy atom. The lowest BCUT2D eigenvalue weighted by molar-refractivity contribution is -0.143. The minimum Gasteiger partial charge on any atom is -0.465 e. The number of hydrogen-bond donors (Lipinski definition) is 1. The van der Waals surface area contributed by atoms with Gasteiger partial charge in [-0.15, -0.1) is 0 Å². The highest BCUT2D eigenvalue weighted by atomic mass is 32.2. The van der Waals surface area contributed by atoms with E-state index < -0.39 is 21.2 Å². The number of ether oxygens (including phenoxy) is 1. The fourth-order valence-corrected chi connectivity index (χ4v) is 3.45. The third kappa shape index (κ3) is 3.63. The molecule has 1 fully saturated rings. The molecule has 6 nitrogen and oxygen atoms in total. The quantitative estimate of drug-likeness (QED) is 0.526. The van der Waals surface area contributed by atoms with Gasteiger partial charge in [-0.3, -0.25) is 4.79 Å². The Bertz CT molecular complexity index is 431. The molecule has 0 aromatic heterocycles. The number of nitrogens with two attached hydrogens (primary N) is 1. The normalized spacial score (nSPS) is 17.5. The van der Waals surface area contributed by atoms with Crippen LogP contribution < -0.4 is 5.73 Å². The van der Waals surface area contributed by atoms with Crippen LogP contribution in [0.5, 0.6) is 0 Å². The molecule has 1 saturated carbocycles. The molecule has 0 aromatic carbocycles. The monoisotopic (exact) mass is 294 g/mol. The van der Waals surface area contributed by atoms with Crippen LogP contribution in [0.2, 0.25) is 0 Å². The maximum atomic E-state index is 12.2. The molecule has 0 bridgehead atoms. The Morgan fingerprint density at radius 1 is 1.56 bits per heavy atom. The lowest BCUT2D eigenvalue weighted by Crippen LogP contribution is -2.46. The number of esters is 1. The van der Waals surface area contributed by atoms with Gasteiger partial charge in [0, 0.05) is 6.04 Å². The number of nitrogens with zero attached hydrogens (tertiary/aromatic N) is 1. The van der Waals surface area contributed by atoms with Crippen molar-refractivity contribution in [3.63, 3.8) is 0 Å². The molecule has 0 aromatic rings. The molecule has 0 aliphatic heterocycles. The Hall–Kier alpha value is -0.730. The average molecular weight is 294 g/mol. The molecule has 0 radical (unpaired) electrons. The summed E-state index contributed by atoms with van der Waals surface area (Å²) >= 11 is 4.71. The highest BCUT2D eigenvalue weighted by Gasteiger charge is 2.41. The molecule has 0 heterocycles. The number of thiocarbonyl (C=S) groups is 1. The van der Waals surface area contributed by atoms with Crippen molar-refractivity contribution >= 4 is 33.2 Å². The third-order valence-electron chi connectivity index (χ3n) is 2.72. The first-order valence-corrected chi connectivity index (χ1v) is 7.67. The molecular formula is C10H18N2O4S2. The summed E-state index contributed by atoms with van der Waals surface area (Å²) in [5, 5.41) is -0.970. The van der Waals surface area contributed by atoms with E-state index in [1.54, 1.807) is 6.92 Å². The Kier molecular flexibility index (Phi) is 5.06. The summed E-state index contributed by atoms with van der Waals surface area (Å²) in [6.45, 7) is 3.06. The first-order valence-electron chi connectivity index (χ1n) is 5.76. The molecular weight excluding hydrogens is 276 g/mol. The molecule has 104 valence electrons. The standard InChI is InChI=1S/C10H18N2O4S2/c1-3-16-9(13)6-12(8-4-5-8)18(14,15)7(2)10(11)17/h7-8H,3-6H2,1-2H3,(H2,11,17). The summed E-state index contributed by atoms with van der Waals surface area (Å²) in [7, 11) is -3.68. The van der Waals surface area contributed by atoms with Crippen molar-refractivity contribution in [2.24, 2.45) is 5.73 Å². The van der Waals surface area contributed by atoms with E-state index in [9.17, 15) is 13.2 Å². The molecule has 8 heteroatoms. The predicted molar refractivity (Wildman–Crippen MR) is 71.5 cm³/mol. The van der Waals surface area contributed by atoms with Crippen molar-refractivity contribution < 1.29 is 17.9 Å². The van der Waals surface area contributed by atoms with Gasteiger partial charge in [0.1, 0.15) is 11.8 Å². The summed E-state index contributed by atoms with van der Waals surface area (Å²) in [6, 6.07) is -0.129. The van der Waals surface area contributed by atoms with Crippen molar-refractivity contribution in [3.8, 4) is 0 Å². The van der Waals surface area contributed by atoms with E-state index in [1.165, 1.54) is 6.92 Å². The average Bonchev–Trinajstić information content (AvgIpc) is 3.08. The lowest BCUT2D eigenvalue weighted by atomic mass is 10.5. The molecule has 0 spiro atoms. The zero-order valence-corrected chi connectivity index (χ0v) is 12.1. The summed E-state index contributed by atoms with van der Waals surface area (Å²) in [4.78, 5) is 11.3. The number of carbonyl (C=O) groups excluding carboxylic acids is 1. The van der Waals surface area contributed by atoms with Gasteiger partial charge in [-0.1, -0.05) is 12.2 Å². The summed E-state index contributed by atoms with van der Waals surface area (Å²) in [5.41, 5.74) is 5.38. The highest BCUT2D eigenvalue weighted by molar-refractivity contribution is 7.92. The van der Waals surface area contributed by atoms with E-state index in [0.717, 1.165) is 17.1 Å². The topological polar surface area (TPSA) is 89.7 Å². The zero-order chi connectivity index (χ0) is 13.9. The van der Waals surface area contributed by atoms with E-state index in [0.29, 0.717) is 0 Å². The minimum atomic E-state index is -3.68. The van der Waals surface area contributed by atoms with Crippen molar-refractivity contribution in [2.75, 3.05) is 13.2 Å². The van der Waals surface area contributed by atoms with Gasteiger partial charge in [-0.05, 0) is 26.7 Å². The number of carbonyl (C=O) groups is 1. The largest absolute Gasteiger partial charge is 0.465 e. The maximum Gasteiger partial charge on any atom is 0.321 e. The maximum absolute atomic E-state index is 12.2. The van der Waals surface area contributed by atoms with Crippen LogP contribution in [0, 0.1) is 0 Å². The van der Waals surface area contributed by atoms with Crippen LogP contribution in [-0.4, -0.2) is 48.1 Å². The van der Waals surface area contributed by atoms with Gasteiger partial charge in [-0.25, -0.2) is 8.42 Å². The van der Waals surface area contributed by atoms with Crippen LogP contribution in [0.15, 0.2) is 0 Å². The molecule has 2 N–H and O–H groups in total. The van der Waals surface area contributed by atoms with Crippen LogP contribution in [0.1, 0.15) is 26.7 Å².